The van der Waals surface area contributed by atoms with E-state index in [1.807, 2.05) is 0 Å². The Morgan fingerprint density at radius 3 is 2.50 bits per heavy atom. The molecule has 3 nitrogen and oxygen atoms in total. The molecular weight excluding hydrogens is 130 g/mol. The summed E-state index contributed by atoms with van der Waals surface area (Å²) in [5.74, 6) is 0. The Labute approximate surface area is 62.7 Å². The van der Waals surface area contributed by atoms with E-state index >= 15 is 0 Å². The van der Waals surface area contributed by atoms with Gasteiger partial charge in [-0.05, 0) is 6.92 Å². The van der Waals surface area contributed by atoms with Crippen molar-refractivity contribution in [2.24, 2.45) is 0 Å². The summed E-state index contributed by atoms with van der Waals surface area (Å²) in [6, 6.07) is 0.417. The minimum Gasteiger partial charge on any atom is -0.383 e. The molecule has 0 spiro atoms. The van der Waals surface area contributed by atoms with Crippen molar-refractivity contribution in [3.05, 3.63) is 0 Å². The van der Waals surface area contributed by atoms with Crippen LogP contribution >= 0.6 is 0 Å². The van der Waals surface area contributed by atoms with E-state index in [4.69, 9.17) is 9.47 Å². The van der Waals surface area contributed by atoms with Gasteiger partial charge in [0.2, 0.25) is 0 Å². The second-order valence-electron chi connectivity index (χ2n) is 2.30. The average molecular weight is 147 g/mol. The maximum atomic E-state index is 4.93. The van der Waals surface area contributed by atoms with Crippen LogP contribution in [0.25, 0.3) is 0 Å². The molecule has 10 heavy (non-hydrogen) atoms. The normalized spacial score (nSPS) is 13.5. The van der Waals surface area contributed by atoms with Crippen molar-refractivity contribution in [2.45, 2.75) is 13.0 Å². The molecule has 62 valence electrons. The third-order valence-electron chi connectivity index (χ3n) is 1.22. The van der Waals surface area contributed by atoms with Crippen molar-refractivity contribution in [3.8, 4) is 0 Å². The Morgan fingerprint density at radius 1 is 1.30 bits per heavy atom. The zero-order valence-electron chi connectivity index (χ0n) is 7.02. The third kappa shape index (κ3) is 6.01. The lowest BCUT2D eigenvalue weighted by Crippen LogP contribution is -2.32. The number of methoxy groups -OCH3 is 2. The van der Waals surface area contributed by atoms with Crippen LogP contribution in [0.4, 0.5) is 0 Å². The minimum atomic E-state index is 0.417. The molecule has 0 aromatic carbocycles. The Morgan fingerprint density at radius 2 is 2.00 bits per heavy atom. The van der Waals surface area contributed by atoms with E-state index in [0.717, 1.165) is 19.8 Å². The van der Waals surface area contributed by atoms with Crippen LogP contribution in [-0.2, 0) is 9.47 Å². The Balaban J connectivity index is 2.97. The van der Waals surface area contributed by atoms with Crippen LogP contribution in [-0.4, -0.2) is 40.0 Å². The van der Waals surface area contributed by atoms with Crippen LogP contribution in [0.1, 0.15) is 6.92 Å². The highest BCUT2D eigenvalue weighted by atomic mass is 16.5. The molecule has 0 aromatic rings. The lowest BCUT2D eigenvalue weighted by molar-refractivity contribution is 0.158. The number of ether oxygens (including phenoxy) is 2. The van der Waals surface area contributed by atoms with Crippen molar-refractivity contribution in [3.63, 3.8) is 0 Å². The zero-order chi connectivity index (χ0) is 7.82. The fourth-order valence-electron chi connectivity index (χ4n) is 0.716. The first-order valence-electron chi connectivity index (χ1n) is 3.52. The highest BCUT2D eigenvalue weighted by molar-refractivity contribution is 4.57. The Hall–Kier alpha value is -0.120. The van der Waals surface area contributed by atoms with Gasteiger partial charge in [0.15, 0.2) is 0 Å². The summed E-state index contributed by atoms with van der Waals surface area (Å²) in [5.41, 5.74) is 0. The quantitative estimate of drug-likeness (QED) is 0.547. The lowest BCUT2D eigenvalue weighted by atomic mass is 10.3. The highest BCUT2D eigenvalue weighted by Gasteiger charge is 1.97. The largest absolute Gasteiger partial charge is 0.383 e. The predicted molar refractivity (Wildman–Crippen MR) is 41.2 cm³/mol. The number of hydrogen-bond acceptors (Lipinski definition) is 3. The summed E-state index contributed by atoms with van der Waals surface area (Å²) >= 11 is 0. The maximum Gasteiger partial charge on any atom is 0.0613 e. The average Bonchev–Trinajstić information content (AvgIpc) is 1.89. The predicted octanol–water partition coefficient (Wildman–Crippen LogP) is 0.257. The van der Waals surface area contributed by atoms with Gasteiger partial charge in [-0.1, -0.05) is 0 Å². The second kappa shape index (κ2) is 6.99. The molecule has 0 bridgehead atoms. The minimum absolute atomic E-state index is 0.417. The molecular formula is C7H17NO2. The van der Waals surface area contributed by atoms with Gasteiger partial charge in [-0.25, -0.2) is 0 Å². The van der Waals surface area contributed by atoms with Crippen molar-refractivity contribution in [2.75, 3.05) is 34.0 Å². The van der Waals surface area contributed by atoms with E-state index < -0.39 is 0 Å². The number of rotatable bonds is 6. The zero-order valence-corrected chi connectivity index (χ0v) is 7.02. The smallest absolute Gasteiger partial charge is 0.0613 e. The van der Waals surface area contributed by atoms with E-state index in [-0.39, 0.29) is 0 Å². The van der Waals surface area contributed by atoms with Gasteiger partial charge >= 0.3 is 0 Å². The van der Waals surface area contributed by atoms with Gasteiger partial charge in [-0.3, -0.25) is 0 Å². The topological polar surface area (TPSA) is 30.5 Å². The van der Waals surface area contributed by atoms with Gasteiger partial charge in [0.25, 0.3) is 0 Å². The highest BCUT2D eigenvalue weighted by Crippen LogP contribution is 1.80. The fourth-order valence-corrected chi connectivity index (χ4v) is 0.716. The molecule has 1 N–H and O–H groups in total. The van der Waals surface area contributed by atoms with Gasteiger partial charge in [0, 0.05) is 26.8 Å². The summed E-state index contributed by atoms with van der Waals surface area (Å²) in [5, 5.41) is 3.23. The standard InChI is InChI=1S/C7H17NO2/c1-7(6-10-3)8-4-5-9-2/h7-8H,4-6H2,1-3H3/t7-/m0/s1. The molecule has 0 aliphatic carbocycles. The van der Waals surface area contributed by atoms with E-state index in [1.165, 1.54) is 0 Å². The van der Waals surface area contributed by atoms with E-state index in [9.17, 15) is 0 Å². The van der Waals surface area contributed by atoms with E-state index in [1.54, 1.807) is 14.2 Å². The van der Waals surface area contributed by atoms with Crippen LogP contribution in [0.15, 0.2) is 0 Å². The maximum absolute atomic E-state index is 4.93. The first-order chi connectivity index (χ1) is 4.81. The van der Waals surface area contributed by atoms with Gasteiger partial charge in [-0.15, -0.1) is 0 Å². The number of hydrogen-bond donors (Lipinski definition) is 1. The van der Waals surface area contributed by atoms with E-state index in [0.29, 0.717) is 6.04 Å². The fraction of sp³-hybridized carbons (Fsp3) is 1.00. The van der Waals surface area contributed by atoms with Crippen LogP contribution < -0.4 is 5.32 Å². The molecule has 0 unspecified atom stereocenters. The monoisotopic (exact) mass is 147 g/mol. The van der Waals surface area contributed by atoms with Crippen LogP contribution in [0, 0.1) is 0 Å². The van der Waals surface area contributed by atoms with Gasteiger partial charge in [0.05, 0.1) is 13.2 Å². The molecule has 0 aliphatic rings. The van der Waals surface area contributed by atoms with Crippen molar-refractivity contribution in [1.82, 2.24) is 5.32 Å². The van der Waals surface area contributed by atoms with Crippen LogP contribution in [0.5, 0.6) is 0 Å². The van der Waals surface area contributed by atoms with Crippen LogP contribution in [0.2, 0.25) is 0 Å². The first kappa shape index (κ1) is 9.88. The first-order valence-corrected chi connectivity index (χ1v) is 3.52. The molecule has 3 heteroatoms. The third-order valence-corrected chi connectivity index (χ3v) is 1.22. The van der Waals surface area contributed by atoms with Gasteiger partial charge in [-0.2, -0.15) is 0 Å². The van der Waals surface area contributed by atoms with Crippen molar-refractivity contribution >= 4 is 0 Å². The molecule has 0 saturated carbocycles. The van der Waals surface area contributed by atoms with Crippen molar-refractivity contribution < 1.29 is 9.47 Å². The summed E-state index contributed by atoms with van der Waals surface area (Å²) in [6.45, 7) is 4.48. The summed E-state index contributed by atoms with van der Waals surface area (Å²) in [7, 11) is 3.40. The summed E-state index contributed by atoms with van der Waals surface area (Å²) < 4.78 is 9.80. The molecule has 0 saturated heterocycles. The molecule has 1 atom stereocenters. The van der Waals surface area contributed by atoms with E-state index in [2.05, 4.69) is 12.2 Å². The lowest BCUT2D eigenvalue weighted by Gasteiger charge is -2.11. The van der Waals surface area contributed by atoms with Gasteiger partial charge in [0.1, 0.15) is 0 Å². The van der Waals surface area contributed by atoms with Crippen molar-refractivity contribution in [1.29, 1.82) is 0 Å². The molecule has 0 radical (unpaired) electrons. The SMILES string of the molecule is COCCN[C@@H](C)COC. The Kier molecular flexibility index (Phi) is 6.91. The molecule has 0 rings (SSSR count). The molecule has 0 heterocycles. The molecule has 0 aromatic heterocycles. The molecule has 0 fully saturated rings. The number of nitrogens with one attached hydrogen (secondary N) is 1. The Bertz CT molecular complexity index is 68.6. The molecule has 0 aliphatic heterocycles. The van der Waals surface area contributed by atoms with Gasteiger partial charge < -0.3 is 14.8 Å². The van der Waals surface area contributed by atoms with Crippen LogP contribution in [0.3, 0.4) is 0 Å². The second-order valence-corrected chi connectivity index (χ2v) is 2.30. The summed E-state index contributed by atoms with van der Waals surface area (Å²) in [4.78, 5) is 0. The summed E-state index contributed by atoms with van der Waals surface area (Å²) in [6.07, 6.45) is 0. The molecule has 0 amide bonds.